The number of benzene rings is 1. The Morgan fingerprint density at radius 2 is 2.15 bits per heavy atom. The van der Waals surface area contributed by atoms with Crippen molar-refractivity contribution in [2.24, 2.45) is 7.05 Å². The summed E-state index contributed by atoms with van der Waals surface area (Å²) in [5.74, 6) is 0.375. The quantitative estimate of drug-likeness (QED) is 0.899. The van der Waals surface area contributed by atoms with E-state index in [9.17, 15) is 4.79 Å². The van der Waals surface area contributed by atoms with Crippen molar-refractivity contribution in [1.29, 1.82) is 5.26 Å². The van der Waals surface area contributed by atoms with Crippen LogP contribution in [0.5, 0.6) is 5.75 Å². The molecule has 0 aliphatic rings. The summed E-state index contributed by atoms with van der Waals surface area (Å²) in [6, 6.07) is 10.7. The number of anilines is 1. The summed E-state index contributed by atoms with van der Waals surface area (Å²) in [7, 11) is 1.85. The molecule has 0 aliphatic heterocycles. The minimum absolute atomic E-state index is 0.154. The Bertz CT molecular complexity index is 625. The van der Waals surface area contributed by atoms with Gasteiger partial charge < -0.3 is 10.1 Å². The maximum absolute atomic E-state index is 11.2. The van der Waals surface area contributed by atoms with Gasteiger partial charge in [-0.1, -0.05) is 0 Å². The highest BCUT2D eigenvalue weighted by Gasteiger charge is 2.03. The first-order valence-corrected chi connectivity index (χ1v) is 6.05. The third kappa shape index (κ3) is 3.59. The lowest BCUT2D eigenvalue weighted by Crippen LogP contribution is -2.09. The van der Waals surface area contributed by atoms with Gasteiger partial charge in [0.2, 0.25) is 5.91 Å². The Kier molecular flexibility index (Phi) is 4.35. The zero-order valence-electron chi connectivity index (χ0n) is 11.0. The summed E-state index contributed by atoms with van der Waals surface area (Å²) >= 11 is 0. The highest BCUT2D eigenvalue weighted by atomic mass is 16.5. The smallest absolute Gasteiger partial charge is 0.238 e. The maximum atomic E-state index is 11.2. The van der Waals surface area contributed by atoms with E-state index >= 15 is 0 Å². The van der Waals surface area contributed by atoms with Crippen molar-refractivity contribution in [2.45, 2.75) is 13.0 Å². The molecule has 1 heterocycles. The van der Waals surface area contributed by atoms with Crippen LogP contribution < -0.4 is 10.1 Å². The second-order valence-electron chi connectivity index (χ2n) is 4.14. The minimum Gasteiger partial charge on any atom is -0.487 e. The first-order valence-electron chi connectivity index (χ1n) is 6.05. The van der Waals surface area contributed by atoms with Crippen LogP contribution in [0.4, 0.5) is 5.69 Å². The fraction of sp³-hybridized carbons (Fsp3) is 0.214. The lowest BCUT2D eigenvalue weighted by atomic mass is 10.3. The maximum Gasteiger partial charge on any atom is 0.238 e. The number of hydrogen-bond donors (Lipinski definition) is 1. The van der Waals surface area contributed by atoms with E-state index in [1.807, 2.05) is 13.1 Å². The van der Waals surface area contributed by atoms with Crippen LogP contribution in [0.3, 0.4) is 0 Å². The highest BCUT2D eigenvalue weighted by Crippen LogP contribution is 2.17. The van der Waals surface area contributed by atoms with E-state index in [2.05, 4.69) is 10.4 Å². The number of rotatable bonds is 5. The molecule has 1 N–H and O–H groups in total. The van der Waals surface area contributed by atoms with E-state index < -0.39 is 0 Å². The van der Waals surface area contributed by atoms with Crippen LogP contribution in [-0.4, -0.2) is 15.7 Å². The van der Waals surface area contributed by atoms with Crippen LogP contribution in [0, 0.1) is 11.3 Å². The van der Waals surface area contributed by atoms with Gasteiger partial charge >= 0.3 is 0 Å². The van der Waals surface area contributed by atoms with Crippen LogP contribution in [0.2, 0.25) is 0 Å². The third-order valence-electron chi connectivity index (χ3n) is 2.69. The van der Waals surface area contributed by atoms with Gasteiger partial charge in [-0.15, -0.1) is 0 Å². The summed E-state index contributed by atoms with van der Waals surface area (Å²) in [5, 5.41) is 15.1. The Labute approximate surface area is 116 Å². The van der Waals surface area contributed by atoms with Gasteiger partial charge in [-0.05, 0) is 30.3 Å². The number of amides is 1. The molecule has 0 spiro atoms. The van der Waals surface area contributed by atoms with E-state index in [1.165, 1.54) is 0 Å². The molecule has 1 amide bonds. The van der Waals surface area contributed by atoms with Crippen LogP contribution in [0.15, 0.2) is 36.5 Å². The number of aryl methyl sites for hydroxylation is 1. The Morgan fingerprint density at radius 3 is 2.75 bits per heavy atom. The van der Waals surface area contributed by atoms with E-state index in [1.54, 1.807) is 41.2 Å². The number of nitrogens with zero attached hydrogens (tertiary/aromatic N) is 3. The molecule has 20 heavy (non-hydrogen) atoms. The van der Waals surface area contributed by atoms with E-state index in [-0.39, 0.29) is 12.3 Å². The zero-order chi connectivity index (χ0) is 14.4. The second-order valence-corrected chi connectivity index (χ2v) is 4.14. The summed E-state index contributed by atoms with van der Waals surface area (Å²) < 4.78 is 7.36. The van der Waals surface area contributed by atoms with E-state index in [4.69, 9.17) is 10.00 Å². The number of ether oxygens (including phenoxy) is 1. The number of nitrogens with one attached hydrogen (secondary N) is 1. The summed E-state index contributed by atoms with van der Waals surface area (Å²) in [6.07, 6.45) is 1.56. The van der Waals surface area contributed by atoms with E-state index in [0.717, 1.165) is 5.69 Å². The standard InChI is InChI=1S/C14H14N4O2/c1-18-12(7-9-16-18)10-20-13-4-2-11(3-5-13)17-14(19)6-8-15/h2-5,7,9H,6,10H2,1H3,(H,17,19). The van der Waals surface area contributed by atoms with E-state index in [0.29, 0.717) is 18.0 Å². The third-order valence-corrected chi connectivity index (χ3v) is 2.69. The first kappa shape index (κ1) is 13.6. The fourth-order valence-electron chi connectivity index (χ4n) is 1.61. The molecule has 0 saturated heterocycles. The lowest BCUT2D eigenvalue weighted by Gasteiger charge is -2.08. The van der Waals surface area contributed by atoms with Crippen LogP contribution >= 0.6 is 0 Å². The van der Waals surface area contributed by atoms with Gasteiger partial charge in [-0.2, -0.15) is 10.4 Å². The molecule has 0 fully saturated rings. The Morgan fingerprint density at radius 1 is 1.40 bits per heavy atom. The number of nitriles is 1. The van der Waals surface area contributed by atoms with Crippen molar-refractivity contribution in [2.75, 3.05) is 5.32 Å². The molecule has 2 rings (SSSR count). The van der Waals surface area contributed by atoms with Crippen molar-refractivity contribution in [3.63, 3.8) is 0 Å². The monoisotopic (exact) mass is 270 g/mol. The van der Waals surface area contributed by atoms with Gasteiger partial charge in [0.1, 0.15) is 18.8 Å². The van der Waals surface area contributed by atoms with Gasteiger partial charge in [-0.3, -0.25) is 9.48 Å². The predicted molar refractivity (Wildman–Crippen MR) is 72.8 cm³/mol. The highest BCUT2D eigenvalue weighted by molar-refractivity contribution is 5.92. The first-order chi connectivity index (χ1) is 9.69. The molecule has 102 valence electrons. The Hall–Kier alpha value is -2.81. The van der Waals surface area contributed by atoms with Crippen molar-refractivity contribution in [3.8, 4) is 11.8 Å². The van der Waals surface area contributed by atoms with Gasteiger partial charge in [-0.25, -0.2) is 0 Å². The van der Waals surface area contributed by atoms with Crippen LogP contribution in [-0.2, 0) is 18.4 Å². The minimum atomic E-state index is -0.323. The van der Waals surface area contributed by atoms with Crippen molar-refractivity contribution >= 4 is 11.6 Å². The van der Waals surface area contributed by atoms with Crippen molar-refractivity contribution in [3.05, 3.63) is 42.2 Å². The molecule has 6 heteroatoms. The van der Waals surface area contributed by atoms with Crippen molar-refractivity contribution < 1.29 is 9.53 Å². The van der Waals surface area contributed by atoms with Crippen LogP contribution in [0.25, 0.3) is 0 Å². The largest absolute Gasteiger partial charge is 0.487 e. The second kappa shape index (κ2) is 6.38. The molecule has 1 aromatic heterocycles. The zero-order valence-corrected chi connectivity index (χ0v) is 11.0. The number of carbonyl (C=O) groups excluding carboxylic acids is 1. The molecule has 0 saturated carbocycles. The average molecular weight is 270 g/mol. The van der Waals surface area contributed by atoms with Gasteiger partial charge in [0, 0.05) is 18.9 Å². The molecule has 0 radical (unpaired) electrons. The number of carbonyl (C=O) groups is 1. The van der Waals surface area contributed by atoms with Crippen LogP contribution in [0.1, 0.15) is 12.1 Å². The molecule has 0 unspecified atom stereocenters. The van der Waals surface area contributed by atoms with Gasteiger partial charge in [0.15, 0.2) is 0 Å². The normalized spacial score (nSPS) is 9.80. The number of hydrogen-bond acceptors (Lipinski definition) is 4. The molecule has 6 nitrogen and oxygen atoms in total. The molecule has 1 aromatic carbocycles. The molecule has 0 bridgehead atoms. The molecular weight excluding hydrogens is 256 g/mol. The van der Waals surface area contributed by atoms with Gasteiger partial charge in [0.05, 0.1) is 11.8 Å². The fourth-order valence-corrected chi connectivity index (χ4v) is 1.61. The Balaban J connectivity index is 1.90. The average Bonchev–Trinajstić information content (AvgIpc) is 2.84. The predicted octanol–water partition coefficient (Wildman–Crippen LogP) is 1.85. The molecule has 2 aromatic rings. The SMILES string of the molecule is Cn1nccc1COc1ccc(NC(=O)CC#N)cc1. The van der Waals surface area contributed by atoms with Gasteiger partial charge in [0.25, 0.3) is 0 Å². The molecule has 0 atom stereocenters. The molecular formula is C14H14N4O2. The topological polar surface area (TPSA) is 79.9 Å². The van der Waals surface area contributed by atoms with Crippen molar-refractivity contribution in [1.82, 2.24) is 9.78 Å². The number of aromatic nitrogens is 2. The lowest BCUT2D eigenvalue weighted by molar-refractivity contribution is -0.115. The molecule has 0 aliphatic carbocycles. The summed E-state index contributed by atoms with van der Waals surface area (Å²) in [5.41, 5.74) is 1.61. The summed E-state index contributed by atoms with van der Waals surface area (Å²) in [6.45, 7) is 0.427. The summed E-state index contributed by atoms with van der Waals surface area (Å²) in [4.78, 5) is 11.2.